The standard InChI is InChI=1S/C18H28ClN3O3/c1-3-5-14-7-6-12(8-13(14)4-2)9-20-16(23)11-25-17-15(19)10-21-18(24)22-17/h10,12-14H,3-9,11H2,1-2H3,(H,20,23)(H,21,22,24). The van der Waals surface area contributed by atoms with Gasteiger partial charge in [0.05, 0.1) is 6.20 Å². The molecule has 1 amide bonds. The molecule has 1 aromatic heterocycles. The summed E-state index contributed by atoms with van der Waals surface area (Å²) in [4.78, 5) is 29.0. The van der Waals surface area contributed by atoms with Gasteiger partial charge >= 0.3 is 5.69 Å². The fourth-order valence-corrected chi connectivity index (χ4v) is 3.93. The number of halogens is 1. The number of H-pyrrole nitrogens is 1. The monoisotopic (exact) mass is 369 g/mol. The lowest BCUT2D eigenvalue weighted by Gasteiger charge is -2.36. The Labute approximate surface area is 153 Å². The minimum atomic E-state index is -0.561. The lowest BCUT2D eigenvalue weighted by molar-refractivity contribution is -0.123. The van der Waals surface area contributed by atoms with Gasteiger partial charge in [-0.3, -0.25) is 9.78 Å². The molecule has 1 saturated carbocycles. The smallest absolute Gasteiger partial charge is 0.347 e. The van der Waals surface area contributed by atoms with Crippen molar-refractivity contribution in [3.63, 3.8) is 0 Å². The van der Waals surface area contributed by atoms with Crippen LogP contribution in [-0.2, 0) is 4.79 Å². The Balaban J connectivity index is 1.75. The second-order valence-electron chi connectivity index (χ2n) is 6.85. The second-order valence-corrected chi connectivity index (χ2v) is 7.26. The van der Waals surface area contributed by atoms with E-state index < -0.39 is 5.69 Å². The minimum absolute atomic E-state index is 0.0722. The third-order valence-corrected chi connectivity index (χ3v) is 5.37. The van der Waals surface area contributed by atoms with E-state index in [0.29, 0.717) is 12.5 Å². The van der Waals surface area contributed by atoms with Crippen LogP contribution in [0.2, 0.25) is 5.02 Å². The van der Waals surface area contributed by atoms with E-state index in [1.54, 1.807) is 0 Å². The first-order valence-corrected chi connectivity index (χ1v) is 9.55. The first kappa shape index (κ1) is 19.8. The SMILES string of the molecule is CCCC1CCC(CNC(=O)COc2[nH]c(=O)ncc2Cl)CC1CC. The van der Waals surface area contributed by atoms with Crippen LogP contribution in [0, 0.1) is 17.8 Å². The molecule has 1 aromatic rings. The molecule has 7 heteroatoms. The van der Waals surface area contributed by atoms with E-state index in [1.165, 1.54) is 44.7 Å². The predicted molar refractivity (Wildman–Crippen MR) is 97.9 cm³/mol. The molecule has 25 heavy (non-hydrogen) atoms. The number of aromatic nitrogens is 2. The van der Waals surface area contributed by atoms with Crippen molar-refractivity contribution in [3.8, 4) is 5.88 Å². The number of amides is 1. The summed E-state index contributed by atoms with van der Waals surface area (Å²) in [6.45, 7) is 5.02. The van der Waals surface area contributed by atoms with Crippen LogP contribution in [0.15, 0.2) is 11.0 Å². The van der Waals surface area contributed by atoms with E-state index in [4.69, 9.17) is 16.3 Å². The van der Waals surface area contributed by atoms with Gasteiger partial charge in [0.15, 0.2) is 6.61 Å². The number of ether oxygens (including phenoxy) is 1. The van der Waals surface area contributed by atoms with E-state index in [0.717, 1.165) is 11.8 Å². The molecule has 1 aliphatic rings. The van der Waals surface area contributed by atoms with Gasteiger partial charge in [0.2, 0.25) is 5.88 Å². The highest BCUT2D eigenvalue weighted by atomic mass is 35.5. The van der Waals surface area contributed by atoms with Crippen LogP contribution in [-0.4, -0.2) is 29.0 Å². The molecule has 1 fully saturated rings. The van der Waals surface area contributed by atoms with Crippen molar-refractivity contribution in [3.05, 3.63) is 21.7 Å². The fourth-order valence-electron chi connectivity index (χ4n) is 3.78. The summed E-state index contributed by atoms with van der Waals surface area (Å²) < 4.78 is 5.27. The van der Waals surface area contributed by atoms with Crippen molar-refractivity contribution in [2.75, 3.05) is 13.2 Å². The molecule has 3 atom stereocenters. The van der Waals surface area contributed by atoms with Gasteiger partial charge in [-0.25, -0.2) is 4.79 Å². The molecule has 1 heterocycles. The Hall–Kier alpha value is -1.56. The lowest BCUT2D eigenvalue weighted by Crippen LogP contribution is -2.36. The second kappa shape index (κ2) is 9.80. The van der Waals surface area contributed by atoms with Gasteiger partial charge in [-0.2, -0.15) is 4.98 Å². The molecule has 0 bridgehead atoms. The Morgan fingerprint density at radius 3 is 2.92 bits per heavy atom. The summed E-state index contributed by atoms with van der Waals surface area (Å²) >= 11 is 5.86. The van der Waals surface area contributed by atoms with E-state index in [1.807, 2.05) is 0 Å². The molecule has 2 rings (SSSR count). The van der Waals surface area contributed by atoms with Crippen LogP contribution >= 0.6 is 11.6 Å². The number of nitrogens with zero attached hydrogens (tertiary/aromatic N) is 1. The first-order chi connectivity index (χ1) is 12.0. The molecule has 0 aliphatic heterocycles. The average molecular weight is 370 g/mol. The molecule has 0 saturated heterocycles. The van der Waals surface area contributed by atoms with Crippen LogP contribution in [0.3, 0.4) is 0 Å². The van der Waals surface area contributed by atoms with Crippen molar-refractivity contribution < 1.29 is 9.53 Å². The van der Waals surface area contributed by atoms with Crippen molar-refractivity contribution in [1.29, 1.82) is 0 Å². The number of carbonyl (C=O) groups is 1. The summed E-state index contributed by atoms with van der Waals surface area (Å²) in [5.74, 6) is 2.01. The number of nitrogens with one attached hydrogen (secondary N) is 2. The highest BCUT2D eigenvalue weighted by Crippen LogP contribution is 2.38. The third-order valence-electron chi connectivity index (χ3n) is 5.10. The van der Waals surface area contributed by atoms with E-state index in [-0.39, 0.29) is 23.4 Å². The fraction of sp³-hybridized carbons (Fsp3) is 0.722. The van der Waals surface area contributed by atoms with Gasteiger partial charge in [0, 0.05) is 6.54 Å². The molecule has 3 unspecified atom stereocenters. The molecule has 0 spiro atoms. The first-order valence-electron chi connectivity index (χ1n) is 9.17. The summed E-state index contributed by atoms with van der Waals surface area (Å²) in [5, 5.41) is 3.11. The Kier molecular flexibility index (Phi) is 7.75. The van der Waals surface area contributed by atoms with E-state index >= 15 is 0 Å². The molecule has 0 radical (unpaired) electrons. The largest absolute Gasteiger partial charge is 0.468 e. The van der Waals surface area contributed by atoms with Crippen LogP contribution < -0.4 is 15.7 Å². The molecule has 6 nitrogen and oxygen atoms in total. The summed E-state index contributed by atoms with van der Waals surface area (Å²) in [6.07, 6.45) is 8.60. The van der Waals surface area contributed by atoms with Crippen LogP contribution in [0.25, 0.3) is 0 Å². The molecule has 1 aliphatic carbocycles. The maximum Gasteiger partial charge on any atom is 0.347 e. The van der Waals surface area contributed by atoms with E-state index in [2.05, 4.69) is 29.1 Å². The van der Waals surface area contributed by atoms with Crippen molar-refractivity contribution in [2.24, 2.45) is 17.8 Å². The van der Waals surface area contributed by atoms with Crippen LogP contribution in [0.4, 0.5) is 0 Å². The Bertz CT molecular complexity index is 620. The topological polar surface area (TPSA) is 84.1 Å². The molecule has 2 N–H and O–H groups in total. The van der Waals surface area contributed by atoms with Gasteiger partial charge in [-0.05, 0) is 37.0 Å². The van der Waals surface area contributed by atoms with Crippen molar-refractivity contribution >= 4 is 17.5 Å². The highest BCUT2D eigenvalue weighted by Gasteiger charge is 2.28. The van der Waals surface area contributed by atoms with Gasteiger partial charge in [0.1, 0.15) is 5.02 Å². The maximum atomic E-state index is 12.0. The number of hydrogen-bond acceptors (Lipinski definition) is 4. The van der Waals surface area contributed by atoms with Crippen LogP contribution in [0.5, 0.6) is 5.88 Å². The zero-order valence-corrected chi connectivity index (χ0v) is 15.8. The summed E-state index contributed by atoms with van der Waals surface area (Å²) in [6, 6.07) is 0. The maximum absolute atomic E-state index is 12.0. The molecule has 140 valence electrons. The van der Waals surface area contributed by atoms with Crippen molar-refractivity contribution in [2.45, 2.75) is 52.4 Å². The van der Waals surface area contributed by atoms with E-state index in [9.17, 15) is 9.59 Å². The van der Waals surface area contributed by atoms with Gasteiger partial charge < -0.3 is 10.1 Å². The summed E-state index contributed by atoms with van der Waals surface area (Å²) in [7, 11) is 0. The Morgan fingerprint density at radius 2 is 2.20 bits per heavy atom. The predicted octanol–water partition coefficient (Wildman–Crippen LogP) is 3.16. The van der Waals surface area contributed by atoms with Crippen LogP contribution in [0.1, 0.15) is 52.4 Å². The minimum Gasteiger partial charge on any atom is -0.468 e. The average Bonchev–Trinajstić information content (AvgIpc) is 2.61. The number of aromatic amines is 1. The zero-order chi connectivity index (χ0) is 18.2. The normalized spacial score (nSPS) is 23.2. The number of carbonyl (C=O) groups excluding carboxylic acids is 1. The van der Waals surface area contributed by atoms with Gasteiger partial charge in [-0.1, -0.05) is 44.7 Å². The third kappa shape index (κ3) is 6.03. The zero-order valence-electron chi connectivity index (χ0n) is 15.0. The lowest BCUT2D eigenvalue weighted by atomic mass is 9.71. The highest BCUT2D eigenvalue weighted by molar-refractivity contribution is 6.31. The number of rotatable bonds is 8. The quantitative estimate of drug-likeness (QED) is 0.737. The van der Waals surface area contributed by atoms with Gasteiger partial charge in [0.25, 0.3) is 5.91 Å². The summed E-state index contributed by atoms with van der Waals surface area (Å²) in [5.41, 5.74) is -0.561. The molecule has 0 aromatic carbocycles. The molecular weight excluding hydrogens is 342 g/mol. The van der Waals surface area contributed by atoms with Crippen molar-refractivity contribution in [1.82, 2.24) is 15.3 Å². The number of hydrogen-bond donors (Lipinski definition) is 2. The van der Waals surface area contributed by atoms with Gasteiger partial charge in [-0.15, -0.1) is 0 Å². The Morgan fingerprint density at radius 1 is 1.40 bits per heavy atom. The molecular formula is C18H28ClN3O3.